The van der Waals surface area contributed by atoms with Crippen molar-refractivity contribution in [2.45, 2.75) is 57.5 Å². The van der Waals surface area contributed by atoms with Crippen LogP contribution in [-0.2, 0) is 0 Å². The highest BCUT2D eigenvalue weighted by Gasteiger charge is 2.31. The number of hydrogen-bond acceptors (Lipinski definition) is 6. The number of rotatable bonds is 8. The number of carbonyl (C=O) groups is 1. The van der Waals surface area contributed by atoms with Gasteiger partial charge in [-0.25, -0.2) is 9.97 Å². The van der Waals surface area contributed by atoms with Crippen LogP contribution in [0.15, 0.2) is 42.7 Å². The van der Waals surface area contributed by atoms with Crippen molar-refractivity contribution in [1.29, 1.82) is 0 Å². The van der Waals surface area contributed by atoms with Gasteiger partial charge in [0, 0.05) is 18.2 Å². The molecule has 0 saturated heterocycles. The second kappa shape index (κ2) is 8.58. The minimum Gasteiger partial charge on any atom is -0.406 e. The third-order valence-corrected chi connectivity index (χ3v) is 5.14. The molecule has 174 valence electrons. The third-order valence-electron chi connectivity index (χ3n) is 5.14. The Morgan fingerprint density at radius 3 is 2.45 bits per heavy atom. The fourth-order valence-electron chi connectivity index (χ4n) is 3.23. The number of alkyl halides is 3. The summed E-state index contributed by atoms with van der Waals surface area (Å²) in [7, 11) is 0. The summed E-state index contributed by atoms with van der Waals surface area (Å²) < 4.78 is 43.1. The van der Waals surface area contributed by atoms with Gasteiger partial charge in [-0.15, -0.1) is 13.2 Å². The number of nitrogens with zero attached hydrogens (tertiary/aromatic N) is 4. The maximum Gasteiger partial charge on any atom is 0.573 e. The number of hydrogen-bond donors (Lipinski definition) is 1. The summed E-state index contributed by atoms with van der Waals surface area (Å²) in [5.41, 5.74) is 0.670. The minimum atomic E-state index is -4.79. The first-order valence-corrected chi connectivity index (χ1v) is 10.5. The molecule has 4 rings (SSSR count). The zero-order valence-electron chi connectivity index (χ0n) is 18.1. The van der Waals surface area contributed by atoms with E-state index in [4.69, 9.17) is 0 Å². The molecule has 0 unspecified atom stereocenters. The first kappa shape index (κ1) is 22.9. The molecule has 0 bridgehead atoms. The van der Waals surface area contributed by atoms with Crippen LogP contribution < -0.4 is 4.74 Å². The zero-order valence-corrected chi connectivity index (χ0v) is 18.1. The molecule has 0 spiro atoms. The Bertz CT molecular complexity index is 1150. The Morgan fingerprint density at radius 1 is 1.15 bits per heavy atom. The molecule has 1 aliphatic carbocycles. The van der Waals surface area contributed by atoms with E-state index in [9.17, 15) is 23.1 Å². The summed E-state index contributed by atoms with van der Waals surface area (Å²) in [6.45, 7) is 3.24. The number of ketones is 1. The quantitative estimate of drug-likeness (QED) is 0.477. The summed E-state index contributed by atoms with van der Waals surface area (Å²) in [5.74, 6) is -0.331. The largest absolute Gasteiger partial charge is 0.573 e. The van der Waals surface area contributed by atoms with E-state index in [2.05, 4.69) is 19.8 Å². The van der Waals surface area contributed by atoms with E-state index >= 15 is 0 Å². The average molecular weight is 460 g/mol. The van der Waals surface area contributed by atoms with E-state index in [0.29, 0.717) is 28.7 Å². The predicted octanol–water partition coefficient (Wildman–Crippen LogP) is 4.97. The lowest BCUT2D eigenvalue weighted by Crippen LogP contribution is -2.20. The van der Waals surface area contributed by atoms with Crippen molar-refractivity contribution in [1.82, 2.24) is 19.7 Å². The van der Waals surface area contributed by atoms with E-state index in [1.807, 2.05) is 10.9 Å². The summed E-state index contributed by atoms with van der Waals surface area (Å²) in [4.78, 5) is 21.8. The molecule has 33 heavy (non-hydrogen) atoms. The summed E-state index contributed by atoms with van der Waals surface area (Å²) >= 11 is 0. The van der Waals surface area contributed by atoms with Crippen molar-refractivity contribution in [3.8, 4) is 28.4 Å². The van der Waals surface area contributed by atoms with Gasteiger partial charge in [0.05, 0.1) is 29.1 Å². The number of Topliss-reactive ketones (excluding diaryl/α,β-unsaturated/α-hetero) is 1. The van der Waals surface area contributed by atoms with E-state index in [1.165, 1.54) is 30.3 Å². The van der Waals surface area contributed by atoms with Gasteiger partial charge in [-0.1, -0.05) is 0 Å². The minimum absolute atomic E-state index is 0.0824. The molecule has 1 aliphatic rings. The first-order chi connectivity index (χ1) is 15.5. The van der Waals surface area contributed by atoms with Crippen molar-refractivity contribution >= 4 is 5.78 Å². The molecule has 0 radical (unpaired) electrons. The van der Waals surface area contributed by atoms with Crippen molar-refractivity contribution in [3.05, 3.63) is 48.4 Å². The van der Waals surface area contributed by atoms with Gasteiger partial charge in [-0.3, -0.25) is 9.48 Å². The highest BCUT2D eigenvalue weighted by atomic mass is 19.4. The molecule has 2 aromatic heterocycles. The van der Waals surface area contributed by atoms with Crippen LogP contribution in [0.5, 0.6) is 5.75 Å². The monoisotopic (exact) mass is 460 g/mol. The number of aliphatic hydroxyl groups is 1. The molecule has 2 heterocycles. The maximum absolute atomic E-state index is 12.8. The van der Waals surface area contributed by atoms with Crippen LogP contribution in [0.25, 0.3) is 22.6 Å². The molecule has 1 fully saturated rings. The lowest BCUT2D eigenvalue weighted by atomic mass is 9.99. The van der Waals surface area contributed by atoms with Crippen molar-refractivity contribution in [2.24, 2.45) is 0 Å². The smallest absolute Gasteiger partial charge is 0.406 e. The van der Waals surface area contributed by atoms with Crippen molar-refractivity contribution in [3.63, 3.8) is 0 Å². The molecule has 1 aromatic carbocycles. The fourth-order valence-corrected chi connectivity index (χ4v) is 3.23. The van der Waals surface area contributed by atoms with Gasteiger partial charge in [-0.2, -0.15) is 5.10 Å². The molecule has 1 saturated carbocycles. The maximum atomic E-state index is 12.8. The van der Waals surface area contributed by atoms with Gasteiger partial charge in [0.15, 0.2) is 11.6 Å². The van der Waals surface area contributed by atoms with Gasteiger partial charge in [0.1, 0.15) is 11.4 Å². The SMILES string of the molecule is CC(C)(O)CCC(=O)c1cc(-c2ccc(OC(F)(F)F)cc2)nc(-c2cnn(C3CC3)c2)n1. The lowest BCUT2D eigenvalue weighted by molar-refractivity contribution is -0.274. The first-order valence-electron chi connectivity index (χ1n) is 10.5. The van der Waals surface area contributed by atoms with E-state index in [0.717, 1.165) is 12.8 Å². The van der Waals surface area contributed by atoms with Crippen molar-refractivity contribution in [2.75, 3.05) is 0 Å². The lowest BCUT2D eigenvalue weighted by Gasteiger charge is -2.16. The van der Waals surface area contributed by atoms with E-state index in [-0.39, 0.29) is 30.1 Å². The highest BCUT2D eigenvalue weighted by molar-refractivity contribution is 5.95. The van der Waals surface area contributed by atoms with Crippen LogP contribution in [-0.4, -0.2) is 42.6 Å². The van der Waals surface area contributed by atoms with Crippen LogP contribution in [0.1, 0.15) is 56.1 Å². The Labute approximate surface area is 188 Å². The fraction of sp³-hybridized carbons (Fsp3) is 0.391. The van der Waals surface area contributed by atoms with Gasteiger partial charge >= 0.3 is 6.36 Å². The van der Waals surface area contributed by atoms with Gasteiger partial charge < -0.3 is 9.84 Å². The number of halogens is 3. The second-order valence-corrected chi connectivity index (χ2v) is 8.71. The normalized spacial score (nSPS) is 14.4. The third kappa shape index (κ3) is 6.16. The molecule has 7 nitrogen and oxygen atoms in total. The number of benzene rings is 1. The van der Waals surface area contributed by atoms with Gasteiger partial charge in [0.2, 0.25) is 0 Å². The van der Waals surface area contributed by atoms with E-state index < -0.39 is 12.0 Å². The topological polar surface area (TPSA) is 90.1 Å². The zero-order chi connectivity index (χ0) is 23.8. The standard InChI is InChI=1S/C23H23F3N4O3/c1-22(2,32)10-9-20(31)19-11-18(14-3-7-17(8-4-14)33-23(24,25)26)28-21(29-19)15-12-27-30(13-15)16-5-6-16/h3-4,7-8,11-13,16,32H,5-6,9-10H2,1-2H3. The van der Waals surface area contributed by atoms with Crippen LogP contribution in [0.3, 0.4) is 0 Å². The Hall–Kier alpha value is -3.27. The molecular formula is C23H23F3N4O3. The molecule has 0 atom stereocenters. The van der Waals surface area contributed by atoms with Crippen molar-refractivity contribution < 1.29 is 27.8 Å². The Kier molecular flexibility index (Phi) is 5.96. The highest BCUT2D eigenvalue weighted by Crippen LogP contribution is 2.35. The second-order valence-electron chi connectivity index (χ2n) is 8.71. The number of ether oxygens (including phenoxy) is 1. The summed E-state index contributed by atoms with van der Waals surface area (Å²) in [5, 5.41) is 14.3. The molecule has 10 heteroatoms. The molecule has 1 N–H and O–H groups in total. The van der Waals surface area contributed by atoms with E-state index in [1.54, 1.807) is 20.0 Å². The molecule has 0 aliphatic heterocycles. The number of carbonyl (C=O) groups excluding carboxylic acids is 1. The molecule has 3 aromatic rings. The van der Waals surface area contributed by atoms with Crippen LogP contribution in [0.4, 0.5) is 13.2 Å². The molecule has 0 amide bonds. The summed E-state index contributed by atoms with van der Waals surface area (Å²) in [6, 6.07) is 7.10. The Morgan fingerprint density at radius 2 is 1.85 bits per heavy atom. The van der Waals surface area contributed by atoms with Crippen LogP contribution in [0.2, 0.25) is 0 Å². The van der Waals surface area contributed by atoms with Gasteiger partial charge in [-0.05, 0) is 63.4 Å². The molecular weight excluding hydrogens is 437 g/mol. The van der Waals surface area contributed by atoms with Gasteiger partial charge in [0.25, 0.3) is 0 Å². The predicted molar refractivity (Wildman–Crippen MR) is 114 cm³/mol. The summed E-state index contributed by atoms with van der Waals surface area (Å²) in [6.07, 6.45) is 1.10. The average Bonchev–Trinajstić information content (AvgIpc) is 3.47. The number of aromatic nitrogens is 4. The van der Waals surface area contributed by atoms with Crippen LogP contribution in [0, 0.1) is 0 Å². The van der Waals surface area contributed by atoms with Crippen LogP contribution >= 0.6 is 0 Å². The Balaban J connectivity index is 1.68.